The van der Waals surface area contributed by atoms with Crippen molar-refractivity contribution in [2.75, 3.05) is 19.6 Å². The van der Waals surface area contributed by atoms with Crippen LogP contribution in [0.3, 0.4) is 0 Å². The minimum Gasteiger partial charge on any atom is -0.356 e. The van der Waals surface area contributed by atoms with Crippen molar-refractivity contribution < 1.29 is 9.59 Å². The van der Waals surface area contributed by atoms with E-state index < -0.39 is 0 Å². The molecule has 3 rings (SSSR count). The third kappa shape index (κ3) is 3.38. The smallest absolute Gasteiger partial charge is 0.264 e. The molecule has 0 saturated carbocycles. The Morgan fingerprint density at radius 1 is 1.28 bits per heavy atom. The van der Waals surface area contributed by atoms with Crippen LogP contribution in [0.15, 0.2) is 0 Å². The molecule has 2 aromatic rings. The van der Waals surface area contributed by atoms with Crippen molar-refractivity contribution in [2.45, 2.75) is 40.5 Å². The Morgan fingerprint density at radius 2 is 2.04 bits per heavy atom. The number of carbonyl (C=O) groups excluding carboxylic acids is 2. The molecule has 1 aliphatic rings. The second-order valence-electron chi connectivity index (χ2n) is 6.58. The average molecular weight is 360 g/mol. The van der Waals surface area contributed by atoms with Gasteiger partial charge >= 0.3 is 0 Å². The number of nitrogens with zero attached hydrogens (tertiary/aromatic N) is 3. The van der Waals surface area contributed by atoms with Gasteiger partial charge in [-0.3, -0.25) is 9.59 Å². The Labute approximate surface area is 151 Å². The summed E-state index contributed by atoms with van der Waals surface area (Å²) < 4.78 is 0. The first-order chi connectivity index (χ1) is 11.9. The Hall–Kier alpha value is -2.02. The highest BCUT2D eigenvalue weighted by atomic mass is 32.1. The highest BCUT2D eigenvalue weighted by Crippen LogP contribution is 2.33. The first-order valence-corrected chi connectivity index (χ1v) is 9.55. The molecule has 2 amide bonds. The van der Waals surface area contributed by atoms with Crippen molar-refractivity contribution in [1.82, 2.24) is 20.2 Å². The number of rotatable bonds is 3. The van der Waals surface area contributed by atoms with Crippen molar-refractivity contribution in [2.24, 2.45) is 5.92 Å². The third-order valence-corrected chi connectivity index (χ3v) is 5.88. The van der Waals surface area contributed by atoms with Crippen LogP contribution in [-0.4, -0.2) is 46.3 Å². The Bertz CT molecular complexity index is 830. The topological polar surface area (TPSA) is 75.2 Å². The summed E-state index contributed by atoms with van der Waals surface area (Å²) in [6.07, 6.45) is 1.69. The lowest BCUT2D eigenvalue weighted by Gasteiger charge is -2.31. The molecular weight excluding hydrogens is 336 g/mol. The minimum absolute atomic E-state index is 0.00607. The molecule has 1 atom stereocenters. The number of likely N-dealkylation sites (tertiary alicyclic amines) is 1. The highest BCUT2D eigenvalue weighted by molar-refractivity contribution is 7.20. The molecule has 0 radical (unpaired) electrons. The maximum atomic E-state index is 13.1. The SMILES string of the molecule is CCNC(=O)C1CCCN(C(=O)c2sc3nc(C)nc(C)c3c2C)C1. The normalized spacial score (nSPS) is 17.8. The predicted molar refractivity (Wildman–Crippen MR) is 98.9 cm³/mol. The van der Waals surface area contributed by atoms with E-state index in [-0.39, 0.29) is 17.7 Å². The number of piperidine rings is 1. The number of fused-ring (bicyclic) bond motifs is 1. The summed E-state index contributed by atoms with van der Waals surface area (Å²) in [4.78, 5) is 37.5. The van der Waals surface area contributed by atoms with E-state index in [4.69, 9.17) is 0 Å². The standard InChI is InChI=1S/C18H24N4O2S/c1-5-19-16(23)13-7-6-8-22(9-13)18(24)15-10(2)14-11(3)20-12(4)21-17(14)25-15/h13H,5-9H2,1-4H3,(H,19,23). The van der Waals surface area contributed by atoms with E-state index >= 15 is 0 Å². The molecule has 1 fully saturated rings. The Kier molecular flexibility index (Phi) is 5.03. The van der Waals surface area contributed by atoms with Gasteiger partial charge in [0.15, 0.2) is 0 Å². The van der Waals surface area contributed by atoms with Crippen LogP contribution in [0.2, 0.25) is 0 Å². The number of nitrogens with one attached hydrogen (secondary N) is 1. The first-order valence-electron chi connectivity index (χ1n) is 8.73. The summed E-state index contributed by atoms with van der Waals surface area (Å²) in [6.45, 7) is 9.50. The van der Waals surface area contributed by atoms with E-state index in [0.29, 0.717) is 19.6 Å². The van der Waals surface area contributed by atoms with Gasteiger partial charge in [0.05, 0.1) is 10.8 Å². The largest absolute Gasteiger partial charge is 0.356 e. The van der Waals surface area contributed by atoms with Crippen molar-refractivity contribution in [3.05, 3.63) is 22.0 Å². The van der Waals surface area contributed by atoms with Crippen LogP contribution in [-0.2, 0) is 4.79 Å². The van der Waals surface area contributed by atoms with Gasteiger partial charge in [0, 0.05) is 30.7 Å². The number of aryl methyl sites for hydroxylation is 3. The van der Waals surface area contributed by atoms with E-state index in [9.17, 15) is 9.59 Å². The number of hydrogen-bond donors (Lipinski definition) is 1. The predicted octanol–water partition coefficient (Wildman–Crippen LogP) is 2.60. The molecule has 0 spiro atoms. The summed E-state index contributed by atoms with van der Waals surface area (Å²) in [5.41, 5.74) is 1.86. The fourth-order valence-electron chi connectivity index (χ4n) is 3.52. The van der Waals surface area contributed by atoms with Crippen molar-refractivity contribution in [1.29, 1.82) is 0 Å². The third-order valence-electron chi connectivity index (χ3n) is 4.71. The van der Waals surface area contributed by atoms with Crippen LogP contribution < -0.4 is 5.32 Å². The van der Waals surface area contributed by atoms with Gasteiger partial charge in [0.1, 0.15) is 10.7 Å². The summed E-state index contributed by atoms with van der Waals surface area (Å²) in [7, 11) is 0. The van der Waals surface area contributed by atoms with Crippen molar-refractivity contribution >= 4 is 33.4 Å². The molecule has 2 aromatic heterocycles. The highest BCUT2D eigenvalue weighted by Gasteiger charge is 2.30. The van der Waals surface area contributed by atoms with Gasteiger partial charge in [0.25, 0.3) is 5.91 Å². The summed E-state index contributed by atoms with van der Waals surface area (Å²) in [5.74, 6) is 0.660. The van der Waals surface area contributed by atoms with E-state index in [1.807, 2.05) is 32.6 Å². The van der Waals surface area contributed by atoms with Crippen molar-refractivity contribution in [3.8, 4) is 0 Å². The van der Waals surface area contributed by atoms with Crippen LogP contribution in [0, 0.1) is 26.7 Å². The lowest BCUT2D eigenvalue weighted by Crippen LogP contribution is -2.45. The zero-order valence-electron chi connectivity index (χ0n) is 15.2. The zero-order chi connectivity index (χ0) is 18.1. The van der Waals surface area contributed by atoms with Gasteiger partial charge in [-0.1, -0.05) is 0 Å². The fourth-order valence-corrected chi connectivity index (χ4v) is 4.76. The second-order valence-corrected chi connectivity index (χ2v) is 7.58. The maximum Gasteiger partial charge on any atom is 0.264 e. The molecule has 7 heteroatoms. The van der Waals surface area contributed by atoms with Crippen LogP contribution in [0.4, 0.5) is 0 Å². The summed E-state index contributed by atoms with van der Waals surface area (Å²) in [5, 5.41) is 3.85. The molecule has 134 valence electrons. The van der Waals surface area contributed by atoms with Gasteiger partial charge in [-0.25, -0.2) is 9.97 Å². The van der Waals surface area contributed by atoms with Crippen LogP contribution in [0.1, 0.15) is 46.5 Å². The van der Waals surface area contributed by atoms with E-state index in [2.05, 4.69) is 15.3 Å². The Balaban J connectivity index is 1.88. The lowest BCUT2D eigenvalue weighted by atomic mass is 9.96. The van der Waals surface area contributed by atoms with E-state index in [1.54, 1.807) is 0 Å². The molecule has 25 heavy (non-hydrogen) atoms. The van der Waals surface area contributed by atoms with Crippen molar-refractivity contribution in [3.63, 3.8) is 0 Å². The van der Waals surface area contributed by atoms with Crippen LogP contribution >= 0.6 is 11.3 Å². The maximum absolute atomic E-state index is 13.1. The molecule has 1 saturated heterocycles. The fraction of sp³-hybridized carbons (Fsp3) is 0.556. The minimum atomic E-state index is -0.115. The van der Waals surface area contributed by atoms with Gasteiger partial charge in [-0.05, 0) is 46.1 Å². The van der Waals surface area contributed by atoms with Crippen LogP contribution in [0.5, 0.6) is 0 Å². The van der Waals surface area contributed by atoms with Gasteiger partial charge in [-0.15, -0.1) is 11.3 Å². The van der Waals surface area contributed by atoms with E-state index in [1.165, 1.54) is 11.3 Å². The number of aromatic nitrogens is 2. The summed E-state index contributed by atoms with van der Waals surface area (Å²) in [6, 6.07) is 0. The molecule has 1 unspecified atom stereocenters. The van der Waals surface area contributed by atoms with Gasteiger partial charge < -0.3 is 10.2 Å². The quantitative estimate of drug-likeness (QED) is 0.913. The average Bonchev–Trinajstić information content (AvgIpc) is 2.91. The molecule has 0 aliphatic carbocycles. The summed E-state index contributed by atoms with van der Waals surface area (Å²) >= 11 is 1.43. The first kappa shape index (κ1) is 17.8. The van der Waals surface area contributed by atoms with Gasteiger partial charge in [0.2, 0.25) is 5.91 Å². The molecular formula is C18H24N4O2S. The number of carbonyl (C=O) groups is 2. The molecule has 6 nitrogen and oxygen atoms in total. The molecule has 1 N–H and O–H groups in total. The number of thiophene rings is 1. The second kappa shape index (κ2) is 7.07. The Morgan fingerprint density at radius 3 is 2.76 bits per heavy atom. The van der Waals surface area contributed by atoms with E-state index in [0.717, 1.165) is 45.0 Å². The molecule has 3 heterocycles. The lowest BCUT2D eigenvalue weighted by molar-refractivity contribution is -0.126. The monoisotopic (exact) mass is 360 g/mol. The molecule has 0 bridgehead atoms. The number of hydrogen-bond acceptors (Lipinski definition) is 5. The molecule has 0 aromatic carbocycles. The number of amides is 2. The molecule has 1 aliphatic heterocycles. The zero-order valence-corrected chi connectivity index (χ0v) is 16.0. The van der Waals surface area contributed by atoms with Crippen LogP contribution in [0.25, 0.3) is 10.2 Å². The van der Waals surface area contributed by atoms with Gasteiger partial charge in [-0.2, -0.15) is 0 Å².